The molecule has 0 spiro atoms. The fourth-order valence-electron chi connectivity index (χ4n) is 1.49. The molecule has 0 heterocycles. The smallest absolute Gasteiger partial charge is 0.203 e. The van der Waals surface area contributed by atoms with Crippen molar-refractivity contribution in [1.82, 2.24) is 0 Å². The van der Waals surface area contributed by atoms with Crippen LogP contribution in [0.1, 0.15) is 12.5 Å². The van der Waals surface area contributed by atoms with Gasteiger partial charge in [0.1, 0.15) is 6.07 Å². The standard InChI is InChI=1S/C12H15BrClNOSi/c1-12(8-15,16-17(2,3)9-14)10-4-6-11(13)7-5-10/h4-7H,9H2,1-3H3. The Kier molecular flexibility index (Phi) is 4.79. The summed E-state index contributed by atoms with van der Waals surface area (Å²) in [7, 11) is -2.00. The summed E-state index contributed by atoms with van der Waals surface area (Å²) >= 11 is 9.26. The zero-order valence-electron chi connectivity index (χ0n) is 10.1. The van der Waals surface area contributed by atoms with Crippen LogP contribution < -0.4 is 0 Å². The third kappa shape index (κ3) is 3.82. The molecular formula is C12H15BrClNOSi. The van der Waals surface area contributed by atoms with E-state index in [-0.39, 0.29) is 0 Å². The lowest BCUT2D eigenvalue weighted by Gasteiger charge is -2.32. The van der Waals surface area contributed by atoms with Crippen molar-refractivity contribution in [3.63, 3.8) is 0 Å². The minimum absolute atomic E-state index is 0.473. The average Bonchev–Trinajstić information content (AvgIpc) is 2.29. The van der Waals surface area contributed by atoms with Crippen molar-refractivity contribution in [2.45, 2.75) is 25.6 Å². The maximum absolute atomic E-state index is 9.36. The molecule has 17 heavy (non-hydrogen) atoms. The second kappa shape index (κ2) is 5.53. The lowest BCUT2D eigenvalue weighted by molar-refractivity contribution is 0.140. The maximum Gasteiger partial charge on any atom is 0.203 e. The maximum atomic E-state index is 9.36. The first-order chi connectivity index (χ1) is 7.83. The summed E-state index contributed by atoms with van der Waals surface area (Å²) in [4.78, 5) is 0. The Labute approximate surface area is 117 Å². The van der Waals surface area contributed by atoms with Crippen molar-refractivity contribution in [1.29, 1.82) is 5.26 Å². The number of nitriles is 1. The van der Waals surface area contributed by atoms with Gasteiger partial charge in [-0.25, -0.2) is 0 Å². The van der Waals surface area contributed by atoms with Crippen LogP contribution in [-0.4, -0.2) is 13.8 Å². The van der Waals surface area contributed by atoms with Crippen LogP contribution in [0.3, 0.4) is 0 Å². The van der Waals surface area contributed by atoms with Gasteiger partial charge in [-0.2, -0.15) is 5.26 Å². The fraction of sp³-hybridized carbons (Fsp3) is 0.417. The molecule has 2 nitrogen and oxygen atoms in total. The summed E-state index contributed by atoms with van der Waals surface area (Å²) in [6.45, 7) is 5.81. The molecule has 0 saturated carbocycles. The van der Waals surface area contributed by atoms with E-state index in [0.29, 0.717) is 5.50 Å². The van der Waals surface area contributed by atoms with Crippen LogP contribution >= 0.6 is 27.5 Å². The predicted molar refractivity (Wildman–Crippen MR) is 76.4 cm³/mol. The number of alkyl halides is 1. The van der Waals surface area contributed by atoms with Crippen molar-refractivity contribution >= 4 is 35.8 Å². The molecule has 0 fully saturated rings. The van der Waals surface area contributed by atoms with E-state index in [9.17, 15) is 5.26 Å². The minimum atomic E-state index is -2.00. The van der Waals surface area contributed by atoms with Crippen LogP contribution in [0.4, 0.5) is 0 Å². The second-order valence-corrected chi connectivity index (χ2v) is 10.4. The molecule has 0 aromatic heterocycles. The van der Waals surface area contributed by atoms with E-state index in [4.69, 9.17) is 16.0 Å². The molecule has 1 aromatic carbocycles. The fourth-order valence-corrected chi connectivity index (χ4v) is 3.25. The SMILES string of the molecule is CC(C#N)(O[Si](C)(C)CCl)c1ccc(Br)cc1. The number of hydrogen-bond donors (Lipinski definition) is 0. The van der Waals surface area contributed by atoms with Gasteiger partial charge in [0.2, 0.25) is 8.32 Å². The Bertz CT molecular complexity index is 429. The highest BCUT2D eigenvalue weighted by molar-refractivity contribution is 9.10. The second-order valence-electron chi connectivity index (χ2n) is 4.65. The van der Waals surface area contributed by atoms with Gasteiger partial charge in [-0.1, -0.05) is 28.1 Å². The quantitative estimate of drug-likeness (QED) is 0.612. The third-order valence-electron chi connectivity index (χ3n) is 2.41. The van der Waals surface area contributed by atoms with Gasteiger partial charge < -0.3 is 4.43 Å². The summed E-state index contributed by atoms with van der Waals surface area (Å²) in [5.74, 6) is 0. The van der Waals surface area contributed by atoms with Crippen molar-refractivity contribution in [2.24, 2.45) is 0 Å². The Morgan fingerprint density at radius 1 is 1.41 bits per heavy atom. The molecule has 5 heteroatoms. The van der Waals surface area contributed by atoms with Crippen LogP contribution in [0.25, 0.3) is 0 Å². The molecule has 0 radical (unpaired) electrons. The Balaban J connectivity index is 3.05. The predicted octanol–water partition coefficient (Wildman–Crippen LogP) is 4.19. The molecule has 1 atom stereocenters. The molecule has 0 saturated heterocycles. The third-order valence-corrected chi connectivity index (χ3v) is 6.47. The van der Waals surface area contributed by atoms with E-state index in [1.165, 1.54) is 0 Å². The molecule has 0 amide bonds. The monoisotopic (exact) mass is 331 g/mol. The first-order valence-electron chi connectivity index (χ1n) is 5.26. The molecule has 1 unspecified atom stereocenters. The topological polar surface area (TPSA) is 33.0 Å². The number of rotatable bonds is 4. The van der Waals surface area contributed by atoms with Crippen molar-refractivity contribution in [2.75, 3.05) is 5.50 Å². The summed E-state index contributed by atoms with van der Waals surface area (Å²) in [6, 6.07) is 9.85. The number of nitrogens with zero attached hydrogens (tertiary/aromatic N) is 1. The van der Waals surface area contributed by atoms with Crippen molar-refractivity contribution in [3.05, 3.63) is 34.3 Å². The molecular weight excluding hydrogens is 318 g/mol. The van der Waals surface area contributed by atoms with Gasteiger partial charge in [-0.05, 0) is 37.7 Å². The Morgan fingerprint density at radius 2 is 1.94 bits per heavy atom. The van der Waals surface area contributed by atoms with Gasteiger partial charge in [-0.15, -0.1) is 11.6 Å². The molecule has 1 aromatic rings. The van der Waals surface area contributed by atoms with Gasteiger partial charge in [0, 0.05) is 9.98 Å². The van der Waals surface area contributed by atoms with Gasteiger partial charge in [0.15, 0.2) is 5.60 Å². The van der Waals surface area contributed by atoms with E-state index in [1.807, 2.05) is 37.4 Å². The molecule has 92 valence electrons. The highest BCUT2D eigenvalue weighted by Crippen LogP contribution is 2.29. The van der Waals surface area contributed by atoms with E-state index in [2.05, 4.69) is 22.0 Å². The van der Waals surface area contributed by atoms with E-state index >= 15 is 0 Å². The Morgan fingerprint density at radius 3 is 2.35 bits per heavy atom. The summed E-state index contributed by atoms with van der Waals surface area (Å²) in [6.07, 6.45) is 0. The van der Waals surface area contributed by atoms with E-state index in [0.717, 1.165) is 10.0 Å². The van der Waals surface area contributed by atoms with Crippen LogP contribution in [0.5, 0.6) is 0 Å². The van der Waals surface area contributed by atoms with Gasteiger partial charge >= 0.3 is 0 Å². The molecule has 0 aliphatic carbocycles. The highest BCUT2D eigenvalue weighted by atomic mass is 79.9. The number of benzene rings is 1. The van der Waals surface area contributed by atoms with Gasteiger partial charge in [0.25, 0.3) is 0 Å². The number of hydrogen-bond acceptors (Lipinski definition) is 2. The van der Waals surface area contributed by atoms with Gasteiger partial charge in [-0.3, -0.25) is 0 Å². The zero-order valence-corrected chi connectivity index (χ0v) is 13.5. The summed E-state index contributed by atoms with van der Waals surface area (Å²) < 4.78 is 6.96. The average molecular weight is 333 g/mol. The largest absolute Gasteiger partial charge is 0.395 e. The first kappa shape index (κ1) is 14.7. The van der Waals surface area contributed by atoms with Crippen LogP contribution in [0.2, 0.25) is 13.1 Å². The van der Waals surface area contributed by atoms with Crippen LogP contribution in [-0.2, 0) is 10.0 Å². The van der Waals surface area contributed by atoms with Crippen molar-refractivity contribution < 1.29 is 4.43 Å². The summed E-state index contributed by atoms with van der Waals surface area (Å²) in [5.41, 5.74) is 0.403. The van der Waals surface area contributed by atoms with Crippen LogP contribution in [0.15, 0.2) is 28.7 Å². The first-order valence-corrected chi connectivity index (χ1v) is 9.71. The van der Waals surface area contributed by atoms with Crippen molar-refractivity contribution in [3.8, 4) is 6.07 Å². The molecule has 0 aliphatic rings. The van der Waals surface area contributed by atoms with E-state index < -0.39 is 13.9 Å². The lowest BCUT2D eigenvalue weighted by atomic mass is 9.98. The lowest BCUT2D eigenvalue weighted by Crippen LogP contribution is -2.42. The van der Waals surface area contributed by atoms with Crippen LogP contribution in [0, 0.1) is 11.3 Å². The molecule has 1 rings (SSSR count). The molecule has 0 bridgehead atoms. The highest BCUT2D eigenvalue weighted by Gasteiger charge is 2.35. The zero-order chi connectivity index (χ0) is 13.1. The van der Waals surface area contributed by atoms with Gasteiger partial charge in [0.05, 0.1) is 0 Å². The number of halogens is 2. The van der Waals surface area contributed by atoms with E-state index in [1.54, 1.807) is 6.92 Å². The minimum Gasteiger partial charge on any atom is -0.395 e. The molecule has 0 N–H and O–H groups in total. The summed E-state index contributed by atoms with van der Waals surface area (Å²) in [5, 5.41) is 9.36. The molecule has 0 aliphatic heterocycles. The normalized spacial score (nSPS) is 15.1. The Hall–Kier alpha value is -0.343.